The minimum Gasteiger partial charge on any atom is -0.507 e. The van der Waals surface area contributed by atoms with Crippen LogP contribution in [0.2, 0.25) is 0 Å². The van der Waals surface area contributed by atoms with Gasteiger partial charge < -0.3 is 14.4 Å². The monoisotopic (exact) mass is 433 g/mol. The summed E-state index contributed by atoms with van der Waals surface area (Å²) in [5.41, 5.74) is 2.98. The topological polar surface area (TPSA) is 67.6 Å². The minimum atomic E-state index is -0.305. The van der Waals surface area contributed by atoms with Gasteiger partial charge in [0.2, 0.25) is 0 Å². The van der Waals surface area contributed by atoms with Gasteiger partial charge in [0, 0.05) is 18.1 Å². The van der Waals surface area contributed by atoms with Crippen molar-refractivity contribution < 1.29 is 9.84 Å². The van der Waals surface area contributed by atoms with Crippen LogP contribution in [-0.4, -0.2) is 39.8 Å². The van der Waals surface area contributed by atoms with E-state index in [1.165, 1.54) is 0 Å². The molecule has 2 aromatic heterocycles. The fourth-order valence-corrected chi connectivity index (χ4v) is 4.53. The number of benzene rings is 1. The van der Waals surface area contributed by atoms with Crippen LogP contribution in [0.15, 0.2) is 59.7 Å². The van der Waals surface area contributed by atoms with Crippen LogP contribution in [0.4, 0.5) is 0 Å². The average molecular weight is 434 g/mol. The molecule has 1 fully saturated rings. The lowest BCUT2D eigenvalue weighted by atomic mass is 9.92. The number of piperidine rings is 1. The first-order valence-corrected chi connectivity index (χ1v) is 11.2. The van der Waals surface area contributed by atoms with E-state index in [2.05, 4.69) is 16.8 Å². The van der Waals surface area contributed by atoms with E-state index in [-0.39, 0.29) is 17.4 Å². The van der Waals surface area contributed by atoms with E-state index in [4.69, 9.17) is 4.74 Å². The van der Waals surface area contributed by atoms with Crippen LogP contribution in [0.3, 0.4) is 0 Å². The van der Waals surface area contributed by atoms with Crippen LogP contribution in [0.1, 0.15) is 48.2 Å². The van der Waals surface area contributed by atoms with Crippen molar-refractivity contribution in [1.29, 1.82) is 0 Å². The van der Waals surface area contributed by atoms with Crippen molar-refractivity contribution in [2.24, 2.45) is 5.92 Å². The molecule has 6 heteroatoms. The molecule has 0 spiro atoms. The highest BCUT2D eigenvalue weighted by atomic mass is 16.5. The van der Waals surface area contributed by atoms with E-state index < -0.39 is 0 Å². The summed E-state index contributed by atoms with van der Waals surface area (Å²) >= 11 is 0. The number of aromatic hydroxyl groups is 1. The van der Waals surface area contributed by atoms with Crippen molar-refractivity contribution in [2.45, 2.75) is 39.3 Å². The molecular formula is C26H31N3O3. The predicted molar refractivity (Wildman–Crippen MR) is 125 cm³/mol. The fourth-order valence-electron chi connectivity index (χ4n) is 4.53. The molecule has 0 amide bonds. The second kappa shape index (κ2) is 9.57. The number of aryl methyl sites for hydroxylation is 1. The third kappa shape index (κ3) is 4.55. The lowest BCUT2D eigenvalue weighted by Gasteiger charge is -2.37. The Morgan fingerprint density at radius 3 is 2.41 bits per heavy atom. The summed E-state index contributed by atoms with van der Waals surface area (Å²) in [6, 6.07) is 13.0. The first-order chi connectivity index (χ1) is 15.5. The first-order valence-electron chi connectivity index (χ1n) is 11.2. The molecule has 0 aliphatic carbocycles. The van der Waals surface area contributed by atoms with Gasteiger partial charge >= 0.3 is 0 Å². The number of aromatic nitrogens is 2. The zero-order chi connectivity index (χ0) is 22.7. The normalized spacial score (nSPS) is 16.1. The van der Waals surface area contributed by atoms with E-state index in [0.717, 1.165) is 48.5 Å². The SMILES string of the molecule is COc1ccc(Cn2c(C)cc(O)c([C@@H](c3ccncc3)N3CCC(C)CC3)c2=O)cc1. The Balaban J connectivity index is 1.78. The molecule has 1 aliphatic rings. The van der Waals surface area contributed by atoms with Crippen LogP contribution in [-0.2, 0) is 6.54 Å². The van der Waals surface area contributed by atoms with E-state index in [1.807, 2.05) is 43.3 Å². The van der Waals surface area contributed by atoms with Gasteiger partial charge in [-0.2, -0.15) is 0 Å². The maximum atomic E-state index is 13.8. The molecule has 0 bridgehead atoms. The number of hydrogen-bond donors (Lipinski definition) is 1. The van der Waals surface area contributed by atoms with Crippen molar-refractivity contribution in [1.82, 2.24) is 14.5 Å². The summed E-state index contributed by atoms with van der Waals surface area (Å²) in [4.78, 5) is 20.3. The zero-order valence-corrected chi connectivity index (χ0v) is 19.0. The molecule has 3 heterocycles. The van der Waals surface area contributed by atoms with E-state index in [0.29, 0.717) is 18.0 Å². The fraction of sp³-hybridized carbons (Fsp3) is 0.385. The number of ether oxygens (including phenoxy) is 1. The van der Waals surface area contributed by atoms with Crippen LogP contribution >= 0.6 is 0 Å². The van der Waals surface area contributed by atoms with Crippen LogP contribution in [0.5, 0.6) is 11.5 Å². The Bertz CT molecular complexity index is 1100. The number of pyridine rings is 2. The quantitative estimate of drug-likeness (QED) is 0.633. The molecule has 1 aromatic carbocycles. The number of methoxy groups -OCH3 is 1. The van der Waals surface area contributed by atoms with E-state index in [1.54, 1.807) is 30.1 Å². The van der Waals surface area contributed by atoms with E-state index >= 15 is 0 Å². The summed E-state index contributed by atoms with van der Waals surface area (Å²) in [7, 11) is 1.64. The Morgan fingerprint density at radius 1 is 1.12 bits per heavy atom. The number of rotatable bonds is 6. The lowest BCUT2D eigenvalue weighted by Crippen LogP contribution is -2.40. The third-order valence-electron chi connectivity index (χ3n) is 6.50. The summed E-state index contributed by atoms with van der Waals surface area (Å²) in [5.74, 6) is 1.50. The van der Waals surface area contributed by atoms with Crippen molar-refractivity contribution in [3.63, 3.8) is 0 Å². The van der Waals surface area contributed by atoms with Gasteiger partial charge in [0.1, 0.15) is 11.5 Å². The molecule has 1 N–H and O–H groups in total. The maximum Gasteiger partial charge on any atom is 0.259 e. The number of likely N-dealkylation sites (tertiary alicyclic amines) is 1. The molecule has 4 rings (SSSR count). The molecular weight excluding hydrogens is 402 g/mol. The van der Waals surface area contributed by atoms with Gasteiger partial charge in [0.25, 0.3) is 5.56 Å². The molecule has 0 saturated carbocycles. The summed E-state index contributed by atoms with van der Waals surface area (Å²) in [5, 5.41) is 11.0. The number of nitrogens with zero attached hydrogens (tertiary/aromatic N) is 3. The molecule has 1 saturated heterocycles. The molecule has 0 radical (unpaired) electrons. The zero-order valence-electron chi connectivity index (χ0n) is 19.0. The van der Waals surface area contributed by atoms with Gasteiger partial charge in [0.05, 0.1) is 25.3 Å². The minimum absolute atomic E-state index is 0.0546. The standard InChI is InChI=1S/C26H31N3O3/c1-18-10-14-28(15-11-18)25(21-8-12-27-13-9-21)24-23(30)16-19(2)29(26(24)31)17-20-4-6-22(32-3)7-5-20/h4-9,12-13,16,18,25,30H,10-11,14-15,17H2,1-3H3/t25-/m1/s1. The maximum absolute atomic E-state index is 13.8. The van der Waals surface area contributed by atoms with Gasteiger partial charge in [-0.05, 0) is 80.2 Å². The van der Waals surface area contributed by atoms with Crippen LogP contribution in [0.25, 0.3) is 0 Å². The lowest BCUT2D eigenvalue weighted by molar-refractivity contribution is 0.154. The first kappa shape index (κ1) is 22.1. The Kier molecular flexibility index (Phi) is 6.61. The molecule has 3 aromatic rings. The highest BCUT2D eigenvalue weighted by molar-refractivity contribution is 5.41. The van der Waals surface area contributed by atoms with Gasteiger partial charge in [-0.3, -0.25) is 14.7 Å². The van der Waals surface area contributed by atoms with Crippen molar-refractivity contribution in [3.05, 3.63) is 87.6 Å². The third-order valence-corrected chi connectivity index (χ3v) is 6.50. The van der Waals surface area contributed by atoms with Crippen LogP contribution < -0.4 is 10.3 Å². The second-order valence-electron chi connectivity index (χ2n) is 8.73. The van der Waals surface area contributed by atoms with Crippen molar-refractivity contribution >= 4 is 0 Å². The van der Waals surface area contributed by atoms with Crippen molar-refractivity contribution in [2.75, 3.05) is 20.2 Å². The highest BCUT2D eigenvalue weighted by Crippen LogP contribution is 2.35. The van der Waals surface area contributed by atoms with E-state index in [9.17, 15) is 9.90 Å². The largest absolute Gasteiger partial charge is 0.507 e. The average Bonchev–Trinajstić information content (AvgIpc) is 2.81. The highest BCUT2D eigenvalue weighted by Gasteiger charge is 2.31. The molecule has 0 unspecified atom stereocenters. The Hall–Kier alpha value is -3.12. The number of hydrogen-bond acceptors (Lipinski definition) is 5. The molecule has 168 valence electrons. The van der Waals surface area contributed by atoms with Gasteiger partial charge in [-0.25, -0.2) is 0 Å². The molecule has 6 nitrogen and oxygen atoms in total. The molecule has 1 atom stereocenters. The van der Waals surface area contributed by atoms with Crippen LogP contribution in [0, 0.1) is 12.8 Å². The Labute approximate surface area is 189 Å². The molecule has 1 aliphatic heterocycles. The van der Waals surface area contributed by atoms with Crippen molar-refractivity contribution in [3.8, 4) is 11.5 Å². The summed E-state index contributed by atoms with van der Waals surface area (Å²) < 4.78 is 6.99. The smallest absolute Gasteiger partial charge is 0.259 e. The van der Waals surface area contributed by atoms with Gasteiger partial charge in [-0.15, -0.1) is 0 Å². The predicted octanol–water partition coefficient (Wildman–Crippen LogP) is 4.14. The molecule has 32 heavy (non-hydrogen) atoms. The van der Waals surface area contributed by atoms with Gasteiger partial charge in [-0.1, -0.05) is 19.1 Å². The summed E-state index contributed by atoms with van der Waals surface area (Å²) in [6.07, 6.45) is 5.65. The second-order valence-corrected chi connectivity index (χ2v) is 8.73. The Morgan fingerprint density at radius 2 is 1.78 bits per heavy atom. The summed E-state index contributed by atoms with van der Waals surface area (Å²) in [6.45, 7) is 6.34. The van der Waals surface area contributed by atoms with Gasteiger partial charge in [0.15, 0.2) is 0 Å².